The normalized spacial score (nSPS) is 10.5. The minimum Gasteiger partial charge on any atom is -0.508 e. The molecule has 0 saturated carbocycles. The van der Waals surface area contributed by atoms with Gasteiger partial charge in [-0.05, 0) is 19.1 Å². The summed E-state index contributed by atoms with van der Waals surface area (Å²) in [7, 11) is 0. The molecule has 0 atom stereocenters. The zero-order valence-electron chi connectivity index (χ0n) is 10.8. The van der Waals surface area contributed by atoms with Gasteiger partial charge in [0.2, 0.25) is 0 Å². The first kappa shape index (κ1) is 14.7. The highest BCUT2D eigenvalue weighted by Gasteiger charge is 2.19. The number of phenolic OH excluding ortho intramolecular Hbond substituents is 2. The van der Waals surface area contributed by atoms with Gasteiger partial charge in [0, 0.05) is 35.4 Å². The molecule has 1 aromatic carbocycles. The Kier molecular flexibility index (Phi) is 3.76. The molecule has 0 fully saturated rings. The van der Waals surface area contributed by atoms with E-state index in [1.165, 1.54) is 0 Å². The van der Waals surface area contributed by atoms with Crippen LogP contribution >= 0.6 is 12.2 Å². The summed E-state index contributed by atoms with van der Waals surface area (Å²) < 4.78 is 0.169. The summed E-state index contributed by atoms with van der Waals surface area (Å²) in [5, 5.41) is 30.0. The van der Waals surface area contributed by atoms with E-state index in [0.717, 1.165) is 12.1 Å². The summed E-state index contributed by atoms with van der Waals surface area (Å²) in [6.45, 7) is 1.63. The molecule has 1 aromatic heterocycles. The van der Waals surface area contributed by atoms with Crippen LogP contribution in [0.4, 0.5) is 5.69 Å². The molecule has 0 bridgehead atoms. The molecule has 2 rings (SSSR count). The Bertz CT molecular complexity index is 840. The molecule has 0 radical (unpaired) electrons. The molecule has 9 heteroatoms. The van der Waals surface area contributed by atoms with Crippen molar-refractivity contribution in [1.29, 1.82) is 0 Å². The van der Waals surface area contributed by atoms with Gasteiger partial charge in [0.15, 0.2) is 10.5 Å². The molecule has 0 spiro atoms. The fraction of sp³-hybridized carbons (Fsp3) is 0.167. The van der Waals surface area contributed by atoms with Gasteiger partial charge < -0.3 is 15.2 Å². The van der Waals surface area contributed by atoms with Crippen molar-refractivity contribution in [3.05, 3.63) is 54.2 Å². The zero-order chi connectivity index (χ0) is 15.7. The van der Waals surface area contributed by atoms with E-state index in [1.54, 1.807) is 6.92 Å². The van der Waals surface area contributed by atoms with Gasteiger partial charge in [0.1, 0.15) is 5.75 Å². The van der Waals surface area contributed by atoms with Gasteiger partial charge >= 0.3 is 5.69 Å². The molecular formula is C12H11N3O5S. The van der Waals surface area contributed by atoms with Crippen LogP contribution in [0.2, 0.25) is 0 Å². The van der Waals surface area contributed by atoms with Crippen LogP contribution in [0.15, 0.2) is 16.9 Å². The number of aromatic hydroxyl groups is 2. The van der Waals surface area contributed by atoms with Crippen LogP contribution in [0.25, 0.3) is 0 Å². The van der Waals surface area contributed by atoms with E-state index in [-0.39, 0.29) is 22.5 Å². The second-order valence-electron chi connectivity index (χ2n) is 4.42. The third-order valence-corrected chi connectivity index (χ3v) is 3.20. The molecule has 0 amide bonds. The van der Waals surface area contributed by atoms with Gasteiger partial charge in [-0.3, -0.25) is 19.9 Å². The van der Waals surface area contributed by atoms with E-state index in [2.05, 4.69) is 9.97 Å². The zero-order valence-corrected chi connectivity index (χ0v) is 11.7. The number of H-pyrrole nitrogens is 2. The van der Waals surface area contributed by atoms with Gasteiger partial charge in [-0.1, -0.05) is 0 Å². The fourth-order valence-corrected chi connectivity index (χ4v) is 2.17. The second-order valence-corrected chi connectivity index (χ2v) is 4.82. The summed E-state index contributed by atoms with van der Waals surface area (Å²) in [4.78, 5) is 27.0. The molecule has 0 saturated heterocycles. The number of hydrogen-bond donors (Lipinski definition) is 4. The van der Waals surface area contributed by atoms with Crippen molar-refractivity contribution in [1.82, 2.24) is 9.97 Å². The lowest BCUT2D eigenvalue weighted by Crippen LogP contribution is -2.16. The molecule has 4 N–H and O–H groups in total. The van der Waals surface area contributed by atoms with Crippen molar-refractivity contribution >= 4 is 17.9 Å². The van der Waals surface area contributed by atoms with Gasteiger partial charge in [-0.2, -0.15) is 0 Å². The largest absolute Gasteiger partial charge is 0.508 e. The second kappa shape index (κ2) is 5.37. The van der Waals surface area contributed by atoms with Crippen LogP contribution in [0.5, 0.6) is 11.5 Å². The Labute approximate surface area is 122 Å². The Morgan fingerprint density at radius 3 is 2.52 bits per heavy atom. The number of phenols is 2. The average Bonchev–Trinajstić information content (AvgIpc) is 2.35. The van der Waals surface area contributed by atoms with Crippen LogP contribution in [0.3, 0.4) is 0 Å². The average molecular weight is 309 g/mol. The van der Waals surface area contributed by atoms with Crippen molar-refractivity contribution in [2.24, 2.45) is 0 Å². The van der Waals surface area contributed by atoms with E-state index >= 15 is 0 Å². The highest BCUT2D eigenvalue weighted by Crippen LogP contribution is 2.33. The number of rotatable bonds is 3. The summed E-state index contributed by atoms with van der Waals surface area (Å²) in [6.07, 6.45) is -0.0414. The van der Waals surface area contributed by atoms with Crippen LogP contribution in [0.1, 0.15) is 16.8 Å². The first-order valence-corrected chi connectivity index (χ1v) is 6.21. The van der Waals surface area contributed by atoms with Crippen LogP contribution in [0, 0.1) is 21.8 Å². The van der Waals surface area contributed by atoms with Crippen LogP contribution < -0.4 is 5.56 Å². The third-order valence-electron chi connectivity index (χ3n) is 2.99. The predicted molar refractivity (Wildman–Crippen MR) is 76.2 cm³/mol. The van der Waals surface area contributed by atoms with E-state index in [1.807, 2.05) is 0 Å². The maximum Gasteiger partial charge on any atom is 0.311 e. The monoisotopic (exact) mass is 309 g/mol. The Morgan fingerprint density at radius 2 is 1.95 bits per heavy atom. The van der Waals surface area contributed by atoms with E-state index in [0.29, 0.717) is 11.3 Å². The number of benzene rings is 1. The van der Waals surface area contributed by atoms with E-state index < -0.39 is 21.9 Å². The van der Waals surface area contributed by atoms with Crippen LogP contribution in [-0.2, 0) is 6.42 Å². The molecule has 0 aliphatic rings. The smallest absolute Gasteiger partial charge is 0.311 e. The highest BCUT2D eigenvalue weighted by atomic mass is 32.1. The molecule has 2 aromatic rings. The SMILES string of the molecule is Cc1[nH]c(=S)[nH]c(=O)c1Cc1cc([N+](=O)[O-])c(O)cc1O. The van der Waals surface area contributed by atoms with Gasteiger partial charge in [0.25, 0.3) is 5.56 Å². The number of hydrogen-bond acceptors (Lipinski definition) is 6. The quantitative estimate of drug-likeness (QED) is 0.387. The number of nitrogens with zero attached hydrogens (tertiary/aromatic N) is 1. The molecule has 1 heterocycles. The molecule has 0 aliphatic carbocycles. The molecule has 0 unspecified atom stereocenters. The van der Waals surface area contributed by atoms with Crippen molar-refractivity contribution in [2.45, 2.75) is 13.3 Å². The summed E-state index contributed by atoms with van der Waals surface area (Å²) in [5.74, 6) is -0.973. The summed E-state index contributed by atoms with van der Waals surface area (Å²) in [6, 6.07) is 1.91. The molecule has 8 nitrogen and oxygen atoms in total. The van der Waals surface area contributed by atoms with Crippen LogP contribution in [-0.4, -0.2) is 25.1 Å². The summed E-state index contributed by atoms with van der Waals surface area (Å²) in [5.41, 5.74) is -0.0384. The Morgan fingerprint density at radius 1 is 1.29 bits per heavy atom. The lowest BCUT2D eigenvalue weighted by Gasteiger charge is -2.07. The maximum atomic E-state index is 11.9. The Hall–Kier alpha value is -2.68. The first-order valence-electron chi connectivity index (χ1n) is 5.81. The third kappa shape index (κ3) is 2.92. The Balaban J connectivity index is 2.55. The minimum atomic E-state index is -0.770. The minimum absolute atomic E-state index is 0.0414. The van der Waals surface area contributed by atoms with Gasteiger partial charge in [-0.25, -0.2) is 0 Å². The number of aryl methyl sites for hydroxylation is 1. The van der Waals surface area contributed by atoms with Crippen molar-refractivity contribution in [3.8, 4) is 11.5 Å². The molecule has 110 valence electrons. The molecule has 21 heavy (non-hydrogen) atoms. The number of nitrogens with one attached hydrogen (secondary N) is 2. The van der Waals surface area contributed by atoms with Crippen molar-refractivity contribution < 1.29 is 15.1 Å². The topological polar surface area (TPSA) is 132 Å². The van der Waals surface area contributed by atoms with Gasteiger partial charge in [0.05, 0.1) is 4.92 Å². The van der Waals surface area contributed by atoms with Gasteiger partial charge in [-0.15, -0.1) is 0 Å². The predicted octanol–water partition coefficient (Wildman–Crippen LogP) is 1.65. The molecular weight excluding hydrogens is 298 g/mol. The standard InChI is InChI=1S/C12H11N3O5S/c1-5-7(11(18)14-12(21)13-5)2-6-3-8(15(19)20)10(17)4-9(6)16/h3-4,16-17H,2H2,1H3,(H2,13,14,18,21). The van der Waals surface area contributed by atoms with Crippen molar-refractivity contribution in [2.75, 3.05) is 0 Å². The number of aromatic nitrogens is 2. The highest BCUT2D eigenvalue weighted by molar-refractivity contribution is 7.71. The lowest BCUT2D eigenvalue weighted by molar-refractivity contribution is -0.385. The van der Waals surface area contributed by atoms with E-state index in [4.69, 9.17) is 12.2 Å². The van der Waals surface area contributed by atoms with E-state index in [9.17, 15) is 25.1 Å². The first-order chi connectivity index (χ1) is 9.79. The molecule has 0 aliphatic heterocycles. The summed E-state index contributed by atoms with van der Waals surface area (Å²) >= 11 is 4.83. The number of nitro benzene ring substituents is 1. The number of aromatic amines is 2. The number of nitro groups is 1. The fourth-order valence-electron chi connectivity index (χ4n) is 1.93. The van der Waals surface area contributed by atoms with Crippen molar-refractivity contribution in [3.63, 3.8) is 0 Å². The maximum absolute atomic E-state index is 11.9. The lowest BCUT2D eigenvalue weighted by atomic mass is 10.0.